The molecular weight excluding hydrogens is 326 g/mol. The van der Waals surface area contributed by atoms with Crippen LogP contribution in [-0.4, -0.2) is 23.5 Å². The van der Waals surface area contributed by atoms with Crippen LogP contribution < -0.4 is 0 Å². The lowest BCUT2D eigenvalue weighted by Gasteiger charge is -2.16. The van der Waals surface area contributed by atoms with Gasteiger partial charge in [-0.1, -0.05) is 38.1 Å². The molecule has 0 spiro atoms. The molecule has 0 N–H and O–H groups in total. The Morgan fingerprint density at radius 3 is 2.58 bits per heavy atom. The molecule has 5 nitrogen and oxygen atoms in total. The van der Waals surface area contributed by atoms with E-state index in [0.29, 0.717) is 11.3 Å². The second kappa shape index (κ2) is 7.66. The van der Waals surface area contributed by atoms with Crippen molar-refractivity contribution >= 4 is 23.5 Å². The number of hydrogen-bond donors (Lipinski definition) is 0. The number of ether oxygens (including phenoxy) is 1. The van der Waals surface area contributed by atoms with Crippen LogP contribution in [0.4, 0.5) is 0 Å². The van der Waals surface area contributed by atoms with Gasteiger partial charge < -0.3 is 9.26 Å². The van der Waals surface area contributed by atoms with Crippen LogP contribution in [0.15, 0.2) is 39.8 Å². The Bertz CT molecular complexity index is 731. The van der Waals surface area contributed by atoms with Gasteiger partial charge in [-0.25, -0.2) is 4.79 Å². The van der Waals surface area contributed by atoms with Crippen molar-refractivity contribution in [2.24, 2.45) is 5.41 Å². The maximum absolute atomic E-state index is 12.3. The van der Waals surface area contributed by atoms with Crippen LogP contribution in [-0.2, 0) is 15.3 Å². The van der Waals surface area contributed by atoms with Gasteiger partial charge in [0.15, 0.2) is 12.4 Å². The second-order valence-electron chi connectivity index (χ2n) is 6.46. The average molecular weight is 347 g/mol. The first kappa shape index (κ1) is 18.3. The van der Waals surface area contributed by atoms with Gasteiger partial charge in [0, 0.05) is 22.1 Å². The molecule has 1 aromatic heterocycles. The lowest BCUT2D eigenvalue weighted by atomic mass is 9.91. The molecule has 0 saturated heterocycles. The van der Waals surface area contributed by atoms with E-state index in [-0.39, 0.29) is 12.4 Å². The quantitative estimate of drug-likeness (QED) is 0.580. The van der Waals surface area contributed by atoms with Gasteiger partial charge in [0.2, 0.25) is 0 Å². The molecule has 128 valence electrons. The molecule has 0 aliphatic rings. The minimum atomic E-state index is -0.528. The van der Waals surface area contributed by atoms with Crippen LogP contribution in [0.5, 0.6) is 0 Å². The summed E-state index contributed by atoms with van der Waals surface area (Å²) < 4.78 is 10.2. The van der Waals surface area contributed by atoms with Crippen molar-refractivity contribution in [2.45, 2.75) is 38.3 Å². The molecular formula is C18H21NO4S. The van der Waals surface area contributed by atoms with Crippen molar-refractivity contribution in [3.8, 4) is 0 Å². The second-order valence-corrected chi connectivity index (χ2v) is 7.48. The van der Waals surface area contributed by atoms with Gasteiger partial charge in [-0.3, -0.25) is 4.79 Å². The highest BCUT2D eigenvalue weighted by Crippen LogP contribution is 2.27. The van der Waals surface area contributed by atoms with Crippen molar-refractivity contribution in [3.63, 3.8) is 0 Å². The van der Waals surface area contributed by atoms with Crippen LogP contribution in [0.2, 0.25) is 0 Å². The SMILES string of the molecule is Cc1cc(CSc2ccccc2C(=O)OCC(=O)C(C)(C)C)no1. The van der Waals surface area contributed by atoms with Crippen molar-refractivity contribution in [1.29, 1.82) is 0 Å². The number of hydrogen-bond acceptors (Lipinski definition) is 6. The number of rotatable bonds is 6. The summed E-state index contributed by atoms with van der Waals surface area (Å²) >= 11 is 1.47. The first-order valence-electron chi connectivity index (χ1n) is 7.62. The molecule has 2 rings (SSSR count). The molecule has 24 heavy (non-hydrogen) atoms. The molecule has 0 bridgehead atoms. The molecule has 0 atom stereocenters. The third kappa shape index (κ3) is 4.96. The van der Waals surface area contributed by atoms with Crippen LogP contribution >= 0.6 is 11.8 Å². The number of ketones is 1. The molecule has 0 aliphatic carbocycles. The van der Waals surface area contributed by atoms with E-state index in [4.69, 9.17) is 9.26 Å². The topological polar surface area (TPSA) is 69.4 Å². The fourth-order valence-electron chi connectivity index (χ4n) is 1.82. The minimum Gasteiger partial charge on any atom is -0.454 e. The first-order valence-corrected chi connectivity index (χ1v) is 8.60. The monoisotopic (exact) mass is 347 g/mol. The fourth-order valence-corrected chi connectivity index (χ4v) is 2.75. The molecule has 0 radical (unpaired) electrons. The third-order valence-electron chi connectivity index (χ3n) is 3.33. The predicted octanol–water partition coefficient (Wildman–Crippen LogP) is 4.05. The van der Waals surface area contributed by atoms with Crippen molar-refractivity contribution in [1.82, 2.24) is 5.16 Å². The van der Waals surface area contributed by atoms with E-state index in [1.807, 2.05) is 25.1 Å². The van der Waals surface area contributed by atoms with Crippen molar-refractivity contribution < 1.29 is 18.8 Å². The molecule has 0 fully saturated rings. The number of esters is 1. The van der Waals surface area contributed by atoms with E-state index in [2.05, 4.69) is 5.16 Å². The Labute approximate surface area is 145 Å². The highest BCUT2D eigenvalue weighted by Gasteiger charge is 2.23. The van der Waals surface area contributed by atoms with Crippen LogP contribution in [0.1, 0.15) is 42.6 Å². The van der Waals surface area contributed by atoms with Gasteiger partial charge in [0.1, 0.15) is 5.76 Å². The van der Waals surface area contributed by atoms with E-state index in [1.54, 1.807) is 32.9 Å². The maximum atomic E-state index is 12.3. The van der Waals surface area contributed by atoms with E-state index < -0.39 is 11.4 Å². The summed E-state index contributed by atoms with van der Waals surface area (Å²) in [4.78, 5) is 25.0. The zero-order valence-corrected chi connectivity index (χ0v) is 15.1. The Balaban J connectivity index is 2.02. The number of aryl methyl sites for hydroxylation is 1. The van der Waals surface area contributed by atoms with E-state index in [0.717, 1.165) is 16.3 Å². The fraction of sp³-hybridized carbons (Fsp3) is 0.389. The summed E-state index contributed by atoms with van der Waals surface area (Å²) in [5.74, 6) is 0.729. The lowest BCUT2D eigenvalue weighted by molar-refractivity contribution is -0.129. The highest BCUT2D eigenvalue weighted by molar-refractivity contribution is 7.98. The van der Waals surface area contributed by atoms with Gasteiger partial charge in [-0.15, -0.1) is 11.8 Å². The number of thioether (sulfide) groups is 1. The first-order chi connectivity index (χ1) is 11.3. The van der Waals surface area contributed by atoms with Crippen LogP contribution in [0.3, 0.4) is 0 Å². The third-order valence-corrected chi connectivity index (χ3v) is 4.44. The van der Waals surface area contributed by atoms with Gasteiger partial charge in [0.05, 0.1) is 11.3 Å². The van der Waals surface area contributed by atoms with Gasteiger partial charge >= 0.3 is 5.97 Å². The number of nitrogens with zero attached hydrogens (tertiary/aromatic N) is 1. The van der Waals surface area contributed by atoms with Gasteiger partial charge in [0.25, 0.3) is 0 Å². The molecule has 1 heterocycles. The number of benzene rings is 1. The number of aromatic nitrogens is 1. The smallest absolute Gasteiger partial charge is 0.339 e. The standard InChI is InChI=1S/C18H21NO4S/c1-12-9-13(19-23-12)11-24-15-8-6-5-7-14(15)17(21)22-10-16(20)18(2,3)4/h5-9H,10-11H2,1-4H3. The Kier molecular flexibility index (Phi) is 5.83. The number of carbonyl (C=O) groups is 2. The number of Topliss-reactive ketones (excluding diaryl/α,β-unsaturated/α-hetero) is 1. The molecule has 2 aromatic rings. The van der Waals surface area contributed by atoms with Crippen molar-refractivity contribution in [2.75, 3.05) is 6.61 Å². The zero-order chi connectivity index (χ0) is 17.7. The summed E-state index contributed by atoms with van der Waals surface area (Å²) in [5.41, 5.74) is 0.729. The van der Waals surface area contributed by atoms with E-state index >= 15 is 0 Å². The molecule has 0 unspecified atom stereocenters. The molecule has 0 aliphatic heterocycles. The van der Waals surface area contributed by atoms with Crippen LogP contribution in [0, 0.1) is 12.3 Å². The summed E-state index contributed by atoms with van der Waals surface area (Å²) in [5, 5.41) is 3.94. The van der Waals surface area contributed by atoms with Crippen molar-refractivity contribution in [3.05, 3.63) is 47.3 Å². The summed E-state index contributed by atoms with van der Waals surface area (Å²) in [6, 6.07) is 9.02. The Morgan fingerprint density at radius 2 is 1.96 bits per heavy atom. The van der Waals surface area contributed by atoms with E-state index in [1.165, 1.54) is 11.8 Å². The predicted molar refractivity (Wildman–Crippen MR) is 92.0 cm³/mol. The molecule has 0 amide bonds. The minimum absolute atomic E-state index is 0.112. The van der Waals surface area contributed by atoms with E-state index in [9.17, 15) is 9.59 Å². The van der Waals surface area contributed by atoms with Crippen LogP contribution in [0.25, 0.3) is 0 Å². The zero-order valence-electron chi connectivity index (χ0n) is 14.3. The maximum Gasteiger partial charge on any atom is 0.339 e. The van der Waals surface area contributed by atoms with Gasteiger partial charge in [-0.2, -0.15) is 0 Å². The lowest BCUT2D eigenvalue weighted by Crippen LogP contribution is -2.26. The Hall–Kier alpha value is -2.08. The summed E-state index contributed by atoms with van der Waals surface area (Å²) in [6.07, 6.45) is 0. The normalized spacial score (nSPS) is 11.3. The summed E-state index contributed by atoms with van der Waals surface area (Å²) in [7, 11) is 0. The summed E-state index contributed by atoms with van der Waals surface area (Å²) in [6.45, 7) is 7.01. The molecule has 0 saturated carbocycles. The largest absolute Gasteiger partial charge is 0.454 e. The van der Waals surface area contributed by atoms with Gasteiger partial charge in [-0.05, 0) is 19.1 Å². The molecule has 1 aromatic carbocycles. The number of carbonyl (C=O) groups excluding carboxylic acids is 2. The Morgan fingerprint density at radius 1 is 1.25 bits per heavy atom. The molecule has 6 heteroatoms. The highest BCUT2D eigenvalue weighted by atomic mass is 32.2. The average Bonchev–Trinajstić information content (AvgIpc) is 2.95.